The van der Waals surface area contributed by atoms with Crippen molar-refractivity contribution in [3.8, 4) is 10.6 Å². The largest absolute Gasteiger partial charge is 0.452 e. The first-order chi connectivity index (χ1) is 14.1. The van der Waals surface area contributed by atoms with E-state index >= 15 is 0 Å². The minimum atomic E-state index is -0.556. The van der Waals surface area contributed by atoms with Gasteiger partial charge < -0.3 is 10.1 Å². The van der Waals surface area contributed by atoms with Crippen molar-refractivity contribution in [3.05, 3.63) is 83.9 Å². The Morgan fingerprint density at radius 2 is 1.79 bits per heavy atom. The van der Waals surface area contributed by atoms with Gasteiger partial charge in [-0.05, 0) is 42.8 Å². The van der Waals surface area contributed by atoms with Crippen molar-refractivity contribution in [1.82, 2.24) is 4.98 Å². The topological polar surface area (TPSA) is 68.3 Å². The fourth-order valence-corrected chi connectivity index (χ4v) is 3.97. The number of rotatable bonds is 5. The third-order valence-electron chi connectivity index (χ3n) is 4.31. The number of carbonyl (C=O) groups excluding carboxylic acids is 2. The molecular weight excluding hydrogens is 384 g/mol. The van der Waals surface area contributed by atoms with Crippen LogP contribution in [0.1, 0.15) is 15.9 Å². The van der Waals surface area contributed by atoms with Gasteiger partial charge in [-0.3, -0.25) is 4.79 Å². The van der Waals surface area contributed by atoms with E-state index in [0.29, 0.717) is 16.8 Å². The van der Waals surface area contributed by atoms with Crippen LogP contribution in [0.15, 0.2) is 72.8 Å². The maximum absolute atomic E-state index is 12.6. The number of benzene rings is 3. The van der Waals surface area contributed by atoms with E-state index in [1.54, 1.807) is 18.2 Å². The van der Waals surface area contributed by atoms with Crippen molar-refractivity contribution < 1.29 is 14.3 Å². The average molecular weight is 402 g/mol. The van der Waals surface area contributed by atoms with Gasteiger partial charge in [-0.2, -0.15) is 0 Å². The molecule has 1 amide bonds. The summed E-state index contributed by atoms with van der Waals surface area (Å²) in [7, 11) is 0. The Balaban J connectivity index is 1.48. The third kappa shape index (κ3) is 4.33. The fraction of sp³-hybridized carbons (Fsp3) is 0.0870. The van der Waals surface area contributed by atoms with Crippen molar-refractivity contribution in [2.24, 2.45) is 0 Å². The number of para-hydroxylation sites is 1. The highest BCUT2D eigenvalue weighted by Crippen LogP contribution is 2.32. The van der Waals surface area contributed by atoms with Crippen LogP contribution in [-0.2, 0) is 9.53 Å². The van der Waals surface area contributed by atoms with Crippen LogP contribution >= 0.6 is 11.3 Å². The monoisotopic (exact) mass is 402 g/mol. The number of hydrogen-bond donors (Lipinski definition) is 1. The lowest BCUT2D eigenvalue weighted by Crippen LogP contribution is -2.21. The van der Waals surface area contributed by atoms with Crippen LogP contribution in [0.4, 0.5) is 5.69 Å². The number of nitrogens with zero attached hydrogens (tertiary/aromatic N) is 1. The Kier molecular flexibility index (Phi) is 5.35. The molecule has 1 heterocycles. The van der Waals surface area contributed by atoms with E-state index in [1.807, 2.05) is 61.5 Å². The molecule has 3 aromatic carbocycles. The summed E-state index contributed by atoms with van der Waals surface area (Å²) in [6.45, 7) is 1.58. The first-order valence-corrected chi connectivity index (χ1v) is 9.90. The molecule has 0 bridgehead atoms. The van der Waals surface area contributed by atoms with Crippen LogP contribution < -0.4 is 5.32 Å². The number of esters is 1. The normalized spacial score (nSPS) is 10.7. The first kappa shape index (κ1) is 18.8. The minimum Gasteiger partial charge on any atom is -0.452 e. The van der Waals surface area contributed by atoms with E-state index in [4.69, 9.17) is 4.74 Å². The summed E-state index contributed by atoms with van der Waals surface area (Å²) in [4.78, 5) is 29.4. The second-order valence-corrected chi connectivity index (χ2v) is 7.56. The lowest BCUT2D eigenvalue weighted by atomic mass is 10.1. The van der Waals surface area contributed by atoms with Crippen molar-refractivity contribution in [2.45, 2.75) is 6.92 Å². The van der Waals surface area contributed by atoms with Crippen molar-refractivity contribution in [3.63, 3.8) is 0 Å². The van der Waals surface area contributed by atoms with Crippen LogP contribution in [0.5, 0.6) is 0 Å². The Morgan fingerprint density at radius 1 is 1.00 bits per heavy atom. The maximum Gasteiger partial charge on any atom is 0.339 e. The highest BCUT2D eigenvalue weighted by Gasteiger charge is 2.18. The van der Waals surface area contributed by atoms with Crippen molar-refractivity contribution >= 4 is 39.1 Å². The number of aromatic nitrogens is 1. The molecule has 0 radical (unpaired) electrons. The SMILES string of the molecule is Cc1cccc(NC(=O)COC(=O)c2ccccc2-c2nc3ccccc3s2)c1. The van der Waals surface area contributed by atoms with Gasteiger partial charge in [0.05, 0.1) is 15.8 Å². The van der Waals surface area contributed by atoms with Gasteiger partial charge in [0, 0.05) is 11.3 Å². The summed E-state index contributed by atoms with van der Waals surface area (Å²) in [6, 6.07) is 22.4. The van der Waals surface area contributed by atoms with Gasteiger partial charge in [-0.15, -0.1) is 11.3 Å². The molecule has 0 saturated carbocycles. The summed E-state index contributed by atoms with van der Waals surface area (Å²) in [5, 5.41) is 3.47. The quantitative estimate of drug-likeness (QED) is 0.474. The number of anilines is 1. The smallest absolute Gasteiger partial charge is 0.339 e. The molecular formula is C23H18N2O3S. The van der Waals surface area contributed by atoms with Crippen LogP contribution in [0.3, 0.4) is 0 Å². The molecule has 0 unspecified atom stereocenters. The second-order valence-electron chi connectivity index (χ2n) is 6.53. The van der Waals surface area contributed by atoms with Crippen molar-refractivity contribution in [2.75, 3.05) is 11.9 Å². The molecule has 5 nitrogen and oxygen atoms in total. The Hall–Kier alpha value is -3.51. The number of hydrogen-bond acceptors (Lipinski definition) is 5. The van der Waals surface area contributed by atoms with Gasteiger partial charge in [-0.25, -0.2) is 9.78 Å². The lowest BCUT2D eigenvalue weighted by molar-refractivity contribution is -0.119. The zero-order valence-electron chi connectivity index (χ0n) is 15.7. The number of carbonyl (C=O) groups is 2. The van der Waals surface area contributed by atoms with E-state index in [0.717, 1.165) is 20.8 Å². The molecule has 0 atom stereocenters. The van der Waals surface area contributed by atoms with E-state index in [2.05, 4.69) is 10.3 Å². The zero-order valence-corrected chi connectivity index (χ0v) is 16.5. The highest BCUT2D eigenvalue weighted by molar-refractivity contribution is 7.21. The maximum atomic E-state index is 12.6. The molecule has 0 saturated heterocycles. The standard InChI is InChI=1S/C23H18N2O3S/c1-15-7-6-8-16(13-15)24-21(26)14-28-23(27)18-10-3-2-9-17(18)22-25-19-11-4-5-12-20(19)29-22/h2-13H,14H2,1H3,(H,24,26). The van der Waals surface area contributed by atoms with E-state index < -0.39 is 5.97 Å². The van der Waals surface area contributed by atoms with Crippen molar-refractivity contribution in [1.29, 1.82) is 0 Å². The summed E-state index contributed by atoms with van der Waals surface area (Å²) in [5.41, 5.74) is 3.66. The highest BCUT2D eigenvalue weighted by atomic mass is 32.1. The predicted octanol–water partition coefficient (Wildman–Crippen LogP) is 5.07. The number of thiazole rings is 1. The Bertz CT molecular complexity index is 1170. The van der Waals surface area contributed by atoms with Gasteiger partial charge in [0.2, 0.25) is 0 Å². The minimum absolute atomic E-state index is 0.360. The summed E-state index contributed by atoms with van der Waals surface area (Å²) >= 11 is 1.51. The Morgan fingerprint density at radius 3 is 2.62 bits per heavy atom. The molecule has 1 aromatic heterocycles. The van der Waals surface area contributed by atoms with Crippen LogP contribution in [0, 0.1) is 6.92 Å². The predicted molar refractivity (Wildman–Crippen MR) is 115 cm³/mol. The molecule has 4 rings (SSSR count). The Labute approximate surface area is 172 Å². The summed E-state index contributed by atoms with van der Waals surface area (Å²) in [5.74, 6) is -0.944. The fourth-order valence-electron chi connectivity index (χ4n) is 2.96. The van der Waals surface area contributed by atoms with Gasteiger partial charge in [0.15, 0.2) is 6.61 Å². The van der Waals surface area contributed by atoms with Crippen LogP contribution in [0.2, 0.25) is 0 Å². The third-order valence-corrected chi connectivity index (χ3v) is 5.38. The zero-order chi connectivity index (χ0) is 20.2. The number of amides is 1. The van der Waals surface area contributed by atoms with Gasteiger partial charge in [-0.1, -0.05) is 42.5 Å². The summed E-state index contributed by atoms with van der Waals surface area (Å²) < 4.78 is 6.30. The van der Waals surface area contributed by atoms with E-state index in [1.165, 1.54) is 11.3 Å². The molecule has 0 aliphatic heterocycles. The van der Waals surface area contributed by atoms with E-state index in [9.17, 15) is 9.59 Å². The molecule has 144 valence electrons. The number of ether oxygens (including phenoxy) is 1. The second kappa shape index (κ2) is 8.24. The van der Waals surface area contributed by atoms with Gasteiger partial charge >= 0.3 is 5.97 Å². The molecule has 29 heavy (non-hydrogen) atoms. The molecule has 0 spiro atoms. The number of nitrogens with one attached hydrogen (secondary N) is 1. The molecule has 1 N–H and O–H groups in total. The van der Waals surface area contributed by atoms with Gasteiger partial charge in [0.1, 0.15) is 5.01 Å². The summed E-state index contributed by atoms with van der Waals surface area (Å²) in [6.07, 6.45) is 0. The average Bonchev–Trinajstić information content (AvgIpc) is 3.16. The number of aryl methyl sites for hydroxylation is 1. The number of fused-ring (bicyclic) bond motifs is 1. The molecule has 0 aliphatic rings. The van der Waals surface area contributed by atoms with E-state index in [-0.39, 0.29) is 12.5 Å². The van der Waals surface area contributed by atoms with Gasteiger partial charge in [0.25, 0.3) is 5.91 Å². The van der Waals surface area contributed by atoms with Crippen LogP contribution in [0.25, 0.3) is 20.8 Å². The molecule has 0 fully saturated rings. The molecule has 0 aliphatic carbocycles. The molecule has 6 heteroatoms. The van der Waals surface area contributed by atoms with Crippen LogP contribution in [-0.4, -0.2) is 23.5 Å². The molecule has 4 aromatic rings. The lowest BCUT2D eigenvalue weighted by Gasteiger charge is -2.09. The first-order valence-electron chi connectivity index (χ1n) is 9.09.